The Hall–Kier alpha value is -1.33. The van der Waals surface area contributed by atoms with Gasteiger partial charge in [-0.1, -0.05) is 0 Å². The summed E-state index contributed by atoms with van der Waals surface area (Å²) >= 11 is 0. The third-order valence-electron chi connectivity index (χ3n) is 2.19. The quantitative estimate of drug-likeness (QED) is 0.774. The van der Waals surface area contributed by atoms with E-state index in [0.29, 0.717) is 11.3 Å². The van der Waals surface area contributed by atoms with Gasteiger partial charge in [-0.15, -0.1) is 0 Å². The van der Waals surface area contributed by atoms with Gasteiger partial charge in [0, 0.05) is 5.56 Å². The highest BCUT2D eigenvalue weighted by Gasteiger charge is 2.16. The third kappa shape index (κ3) is 2.19. The highest BCUT2D eigenvalue weighted by molar-refractivity contribution is 5.50. The maximum atomic E-state index is 13.5. The van der Waals surface area contributed by atoms with E-state index < -0.39 is 5.82 Å². The summed E-state index contributed by atoms with van der Waals surface area (Å²) in [6.45, 7) is 1.91. The van der Waals surface area contributed by atoms with Gasteiger partial charge in [0.2, 0.25) is 0 Å². The molecule has 5 heteroatoms. The summed E-state index contributed by atoms with van der Waals surface area (Å²) < 4.78 is 23.5. The molecular formula is C10H14FNO3. The summed E-state index contributed by atoms with van der Waals surface area (Å²) in [6.07, 6.45) is 0. The summed E-state index contributed by atoms with van der Waals surface area (Å²) in [5, 5.41) is 0. The van der Waals surface area contributed by atoms with Crippen molar-refractivity contribution >= 4 is 0 Å². The molecule has 0 unspecified atom stereocenters. The van der Waals surface area contributed by atoms with Gasteiger partial charge in [0.15, 0.2) is 17.3 Å². The van der Waals surface area contributed by atoms with Crippen molar-refractivity contribution in [3.05, 3.63) is 23.0 Å². The summed E-state index contributed by atoms with van der Waals surface area (Å²) in [5.74, 6) is 4.91. The molecule has 0 saturated carbocycles. The van der Waals surface area contributed by atoms with Crippen molar-refractivity contribution in [2.75, 3.05) is 14.2 Å². The van der Waals surface area contributed by atoms with Crippen molar-refractivity contribution in [3.63, 3.8) is 0 Å². The van der Waals surface area contributed by atoms with Crippen molar-refractivity contribution in [2.45, 2.75) is 13.5 Å². The van der Waals surface area contributed by atoms with Gasteiger partial charge < -0.3 is 9.47 Å². The lowest BCUT2D eigenvalue weighted by molar-refractivity contribution is 0.123. The smallest absolute Gasteiger partial charge is 0.197 e. The van der Waals surface area contributed by atoms with E-state index in [9.17, 15) is 4.39 Å². The van der Waals surface area contributed by atoms with Crippen LogP contribution >= 0.6 is 0 Å². The molecule has 0 radical (unpaired) electrons. The van der Waals surface area contributed by atoms with Gasteiger partial charge in [0.1, 0.15) is 0 Å². The number of hydrogen-bond acceptors (Lipinski definition) is 4. The van der Waals surface area contributed by atoms with E-state index in [-0.39, 0.29) is 12.4 Å². The molecule has 1 aromatic rings. The lowest BCUT2D eigenvalue weighted by Gasteiger charge is -2.14. The number of ether oxygens (including phenoxy) is 2. The average Bonchev–Trinajstić information content (AvgIpc) is 2.22. The van der Waals surface area contributed by atoms with Crippen LogP contribution in [-0.2, 0) is 11.4 Å². The van der Waals surface area contributed by atoms with Crippen LogP contribution in [0.4, 0.5) is 4.39 Å². The first kappa shape index (κ1) is 11.7. The normalized spacial score (nSPS) is 10.2. The highest BCUT2D eigenvalue weighted by Crippen LogP contribution is 2.35. The Kier molecular flexibility index (Phi) is 3.88. The zero-order valence-electron chi connectivity index (χ0n) is 8.96. The molecule has 0 amide bonds. The molecule has 15 heavy (non-hydrogen) atoms. The van der Waals surface area contributed by atoms with E-state index in [0.717, 1.165) is 5.56 Å². The fraction of sp³-hybridized carbons (Fsp3) is 0.400. The van der Waals surface area contributed by atoms with E-state index in [1.165, 1.54) is 20.3 Å². The minimum absolute atomic E-state index is 0.0933. The summed E-state index contributed by atoms with van der Waals surface area (Å²) in [7, 11) is 2.84. The molecule has 4 nitrogen and oxygen atoms in total. The molecule has 1 rings (SSSR count). The monoisotopic (exact) mass is 215 g/mol. The van der Waals surface area contributed by atoms with Crippen molar-refractivity contribution in [3.8, 4) is 11.5 Å². The first-order chi connectivity index (χ1) is 7.15. The number of methoxy groups -OCH3 is 2. The predicted octanol–water partition coefficient (Wildman–Crippen LogP) is 1.54. The predicted molar refractivity (Wildman–Crippen MR) is 53.2 cm³/mol. The van der Waals surface area contributed by atoms with Crippen LogP contribution in [-0.4, -0.2) is 14.2 Å². The summed E-state index contributed by atoms with van der Waals surface area (Å²) in [5.41, 5.74) is 1.38. The van der Waals surface area contributed by atoms with Crippen LogP contribution in [0, 0.1) is 12.7 Å². The number of halogens is 1. The molecule has 0 aliphatic rings. The summed E-state index contributed by atoms with van der Waals surface area (Å²) in [4.78, 5) is 4.47. The van der Waals surface area contributed by atoms with Crippen molar-refractivity contribution in [1.82, 2.24) is 0 Å². The van der Waals surface area contributed by atoms with Gasteiger partial charge in [-0.2, -0.15) is 0 Å². The van der Waals surface area contributed by atoms with Crippen LogP contribution in [0.5, 0.6) is 11.5 Å². The van der Waals surface area contributed by atoms with Crippen molar-refractivity contribution in [1.29, 1.82) is 0 Å². The minimum atomic E-state index is -0.494. The zero-order valence-corrected chi connectivity index (χ0v) is 8.96. The molecule has 0 saturated heterocycles. The van der Waals surface area contributed by atoms with Gasteiger partial charge in [-0.3, -0.25) is 4.84 Å². The van der Waals surface area contributed by atoms with E-state index >= 15 is 0 Å². The zero-order chi connectivity index (χ0) is 11.4. The molecule has 0 aliphatic heterocycles. The first-order valence-electron chi connectivity index (χ1n) is 4.37. The maximum absolute atomic E-state index is 13.5. The second-order valence-electron chi connectivity index (χ2n) is 3.02. The van der Waals surface area contributed by atoms with Gasteiger partial charge in [0.05, 0.1) is 20.8 Å². The Morgan fingerprint density at radius 1 is 1.27 bits per heavy atom. The SMILES string of the molecule is COc1c(F)cc(CON)c(C)c1OC. The number of hydrogen-bond donors (Lipinski definition) is 1. The second-order valence-corrected chi connectivity index (χ2v) is 3.02. The van der Waals surface area contributed by atoms with Crippen LogP contribution in [0.25, 0.3) is 0 Å². The number of benzene rings is 1. The van der Waals surface area contributed by atoms with E-state index in [1.807, 2.05) is 0 Å². The lowest BCUT2D eigenvalue weighted by Crippen LogP contribution is -2.04. The Bertz CT molecular complexity index is 355. The Labute approximate surface area is 87.7 Å². The van der Waals surface area contributed by atoms with Gasteiger partial charge >= 0.3 is 0 Å². The molecule has 0 atom stereocenters. The topological polar surface area (TPSA) is 53.7 Å². The number of rotatable bonds is 4. The molecule has 1 aromatic carbocycles. The molecule has 0 heterocycles. The standard InChI is InChI=1S/C10H14FNO3/c1-6-7(5-15-12)4-8(11)10(14-3)9(6)13-2/h4H,5,12H2,1-3H3. The molecule has 0 spiro atoms. The molecule has 0 aliphatic carbocycles. The van der Waals surface area contributed by atoms with Crippen LogP contribution in [0.15, 0.2) is 6.07 Å². The fourth-order valence-electron chi connectivity index (χ4n) is 1.43. The largest absolute Gasteiger partial charge is 0.492 e. The van der Waals surface area contributed by atoms with Crippen LogP contribution in [0.1, 0.15) is 11.1 Å². The first-order valence-corrected chi connectivity index (χ1v) is 4.37. The second kappa shape index (κ2) is 4.95. The molecule has 0 bridgehead atoms. The Morgan fingerprint density at radius 2 is 1.87 bits per heavy atom. The minimum Gasteiger partial charge on any atom is -0.492 e. The van der Waals surface area contributed by atoms with E-state index in [1.54, 1.807) is 6.92 Å². The lowest BCUT2D eigenvalue weighted by atomic mass is 10.1. The van der Waals surface area contributed by atoms with Crippen molar-refractivity contribution in [2.24, 2.45) is 5.90 Å². The molecule has 2 N–H and O–H groups in total. The molecule has 0 aromatic heterocycles. The average molecular weight is 215 g/mol. The van der Waals surface area contributed by atoms with Gasteiger partial charge in [-0.25, -0.2) is 10.3 Å². The Balaban J connectivity index is 3.30. The maximum Gasteiger partial charge on any atom is 0.197 e. The highest BCUT2D eigenvalue weighted by atomic mass is 19.1. The molecular weight excluding hydrogens is 201 g/mol. The third-order valence-corrected chi connectivity index (χ3v) is 2.19. The van der Waals surface area contributed by atoms with Gasteiger partial charge in [-0.05, 0) is 18.6 Å². The van der Waals surface area contributed by atoms with Crippen LogP contribution < -0.4 is 15.4 Å². The van der Waals surface area contributed by atoms with E-state index in [2.05, 4.69) is 4.84 Å². The molecule has 84 valence electrons. The molecule has 0 fully saturated rings. The van der Waals surface area contributed by atoms with E-state index in [4.69, 9.17) is 15.4 Å². The van der Waals surface area contributed by atoms with Gasteiger partial charge in [0.25, 0.3) is 0 Å². The van der Waals surface area contributed by atoms with Crippen LogP contribution in [0.2, 0.25) is 0 Å². The van der Waals surface area contributed by atoms with Crippen LogP contribution in [0.3, 0.4) is 0 Å². The van der Waals surface area contributed by atoms with Crippen molar-refractivity contribution < 1.29 is 18.7 Å². The Morgan fingerprint density at radius 3 is 2.33 bits per heavy atom. The fourth-order valence-corrected chi connectivity index (χ4v) is 1.43. The summed E-state index contributed by atoms with van der Waals surface area (Å²) in [6, 6.07) is 1.32. The number of nitrogens with two attached hydrogens (primary N) is 1.